The predicted molar refractivity (Wildman–Crippen MR) is 90.9 cm³/mol. The Morgan fingerprint density at radius 3 is 2.59 bits per heavy atom. The number of allylic oxidation sites excluding steroid dienone is 4. The Morgan fingerprint density at radius 1 is 1.09 bits per heavy atom. The third-order valence-corrected chi connectivity index (χ3v) is 3.78. The van der Waals surface area contributed by atoms with E-state index in [1.165, 1.54) is 22.3 Å². The van der Waals surface area contributed by atoms with Gasteiger partial charge in [-0.25, -0.2) is 0 Å². The molecule has 22 heavy (non-hydrogen) atoms. The predicted octanol–water partition coefficient (Wildman–Crippen LogP) is 6.03. The minimum atomic E-state index is 0.914. The second-order valence-electron chi connectivity index (χ2n) is 6.08. The molecule has 0 atom stereocenters. The van der Waals surface area contributed by atoms with Crippen LogP contribution in [0.15, 0.2) is 63.1 Å². The second kappa shape index (κ2) is 8.47. The van der Waals surface area contributed by atoms with Crippen molar-refractivity contribution in [1.29, 1.82) is 0 Å². The Balaban J connectivity index is 1.68. The fourth-order valence-corrected chi connectivity index (χ4v) is 2.50. The highest BCUT2D eigenvalue weighted by Crippen LogP contribution is 2.14. The highest BCUT2D eigenvalue weighted by Gasteiger charge is 2.00. The molecule has 2 rings (SSSR count). The highest BCUT2D eigenvalue weighted by molar-refractivity contribution is 5.16. The third kappa shape index (κ3) is 5.80. The van der Waals surface area contributed by atoms with Gasteiger partial charge in [0.1, 0.15) is 5.76 Å². The van der Waals surface area contributed by atoms with E-state index in [1.54, 1.807) is 6.26 Å². The van der Waals surface area contributed by atoms with Crippen molar-refractivity contribution in [1.82, 2.24) is 0 Å². The fourth-order valence-electron chi connectivity index (χ4n) is 2.50. The summed E-state index contributed by atoms with van der Waals surface area (Å²) in [5.41, 5.74) is 5.30. The van der Waals surface area contributed by atoms with E-state index in [0.29, 0.717) is 0 Å². The summed E-state index contributed by atoms with van der Waals surface area (Å²) in [6.07, 6.45) is 15.3. The Morgan fingerprint density at radius 2 is 1.91 bits per heavy atom. The lowest BCUT2D eigenvalue weighted by atomic mass is 10.1. The van der Waals surface area contributed by atoms with E-state index in [-0.39, 0.29) is 0 Å². The van der Waals surface area contributed by atoms with Gasteiger partial charge in [0.05, 0.1) is 18.8 Å². The van der Waals surface area contributed by atoms with E-state index in [1.807, 2.05) is 18.6 Å². The molecule has 0 aliphatic carbocycles. The molecule has 0 saturated carbocycles. The van der Waals surface area contributed by atoms with Gasteiger partial charge in [-0.3, -0.25) is 0 Å². The molecule has 0 amide bonds. The third-order valence-electron chi connectivity index (χ3n) is 3.78. The van der Waals surface area contributed by atoms with Gasteiger partial charge in [0.15, 0.2) is 0 Å². The molecule has 2 aromatic heterocycles. The Bertz CT molecular complexity index is 612. The Hall–Kier alpha value is -1.96. The lowest BCUT2D eigenvalue weighted by Gasteiger charge is -2.01. The van der Waals surface area contributed by atoms with Crippen molar-refractivity contribution in [2.45, 2.75) is 52.9 Å². The normalized spacial score (nSPS) is 12.9. The molecule has 2 heterocycles. The van der Waals surface area contributed by atoms with Crippen LogP contribution in [-0.2, 0) is 12.8 Å². The van der Waals surface area contributed by atoms with E-state index in [9.17, 15) is 0 Å². The minimum Gasteiger partial charge on any atom is -0.472 e. The largest absolute Gasteiger partial charge is 0.472 e. The van der Waals surface area contributed by atoms with Crippen molar-refractivity contribution in [3.63, 3.8) is 0 Å². The fraction of sp³-hybridized carbons (Fsp3) is 0.400. The first-order valence-electron chi connectivity index (χ1n) is 8.00. The van der Waals surface area contributed by atoms with Gasteiger partial charge in [-0.2, -0.15) is 0 Å². The molecule has 118 valence electrons. The van der Waals surface area contributed by atoms with Crippen LogP contribution in [0.1, 0.15) is 50.0 Å². The van der Waals surface area contributed by atoms with Gasteiger partial charge in [0, 0.05) is 6.42 Å². The summed E-state index contributed by atoms with van der Waals surface area (Å²) in [6, 6.07) is 4.14. The Labute approximate surface area is 133 Å². The number of furan rings is 2. The Kier molecular flexibility index (Phi) is 6.32. The molecule has 2 heteroatoms. The molecule has 0 bridgehead atoms. The first kappa shape index (κ1) is 16.4. The van der Waals surface area contributed by atoms with E-state index < -0.39 is 0 Å². The second-order valence-corrected chi connectivity index (χ2v) is 6.08. The van der Waals surface area contributed by atoms with Crippen LogP contribution >= 0.6 is 0 Å². The first-order valence-corrected chi connectivity index (χ1v) is 8.00. The molecule has 0 saturated heterocycles. The molecule has 2 aromatic rings. The molecule has 0 aliphatic heterocycles. The zero-order chi connectivity index (χ0) is 15.8. The molecular weight excluding hydrogens is 272 g/mol. The van der Waals surface area contributed by atoms with E-state index >= 15 is 0 Å². The summed E-state index contributed by atoms with van der Waals surface area (Å²) < 4.78 is 10.6. The average Bonchev–Trinajstić information content (AvgIpc) is 3.11. The quantitative estimate of drug-likeness (QED) is 0.556. The molecule has 0 aromatic carbocycles. The maximum Gasteiger partial charge on any atom is 0.108 e. The first-order chi connectivity index (χ1) is 10.6. The van der Waals surface area contributed by atoms with E-state index in [2.05, 4.69) is 39.0 Å². The van der Waals surface area contributed by atoms with Gasteiger partial charge in [-0.05, 0) is 69.7 Å². The van der Waals surface area contributed by atoms with Crippen molar-refractivity contribution in [3.8, 4) is 0 Å². The molecule has 0 radical (unpaired) electrons. The van der Waals surface area contributed by atoms with Crippen molar-refractivity contribution < 1.29 is 8.83 Å². The zero-order valence-corrected chi connectivity index (χ0v) is 13.9. The van der Waals surface area contributed by atoms with Crippen molar-refractivity contribution in [2.75, 3.05) is 0 Å². The number of aryl methyl sites for hydroxylation is 2. The van der Waals surface area contributed by atoms with Crippen molar-refractivity contribution >= 4 is 0 Å². The summed E-state index contributed by atoms with van der Waals surface area (Å²) in [7, 11) is 0. The summed E-state index contributed by atoms with van der Waals surface area (Å²) in [4.78, 5) is 0. The van der Waals surface area contributed by atoms with Crippen LogP contribution in [0.25, 0.3) is 0 Å². The van der Waals surface area contributed by atoms with Crippen LogP contribution in [-0.4, -0.2) is 0 Å². The van der Waals surface area contributed by atoms with Crippen molar-refractivity contribution in [2.24, 2.45) is 0 Å². The van der Waals surface area contributed by atoms with Gasteiger partial charge >= 0.3 is 0 Å². The maximum absolute atomic E-state index is 5.49. The van der Waals surface area contributed by atoms with Crippen LogP contribution < -0.4 is 0 Å². The summed E-state index contributed by atoms with van der Waals surface area (Å²) in [5.74, 6) is 1.05. The van der Waals surface area contributed by atoms with Crippen LogP contribution in [0, 0.1) is 6.92 Å². The number of rotatable bonds is 8. The molecule has 2 nitrogen and oxygen atoms in total. The topological polar surface area (TPSA) is 26.3 Å². The lowest BCUT2D eigenvalue weighted by molar-refractivity contribution is 0.518. The van der Waals surface area contributed by atoms with E-state index in [4.69, 9.17) is 8.83 Å². The molecular formula is C20H26O2. The van der Waals surface area contributed by atoms with Crippen LogP contribution in [0.2, 0.25) is 0 Å². The summed E-state index contributed by atoms with van der Waals surface area (Å²) in [5, 5.41) is 0. The molecule has 0 N–H and O–H groups in total. The standard InChI is InChI=1S/C20H26O2/c1-16(7-5-9-19-10-11-21-15-19)6-4-8-17(2)12-20-13-18(3)14-22-20/h7-8,10-11,13-15H,4-6,9,12H2,1-3H3/b16-7+,17-8+. The number of hydrogen-bond acceptors (Lipinski definition) is 2. The maximum atomic E-state index is 5.49. The smallest absolute Gasteiger partial charge is 0.108 e. The lowest BCUT2D eigenvalue weighted by Crippen LogP contribution is -1.85. The van der Waals surface area contributed by atoms with Gasteiger partial charge in [0.25, 0.3) is 0 Å². The van der Waals surface area contributed by atoms with Crippen LogP contribution in [0.4, 0.5) is 0 Å². The average molecular weight is 298 g/mol. The van der Waals surface area contributed by atoms with Crippen molar-refractivity contribution in [3.05, 3.63) is 71.1 Å². The molecule has 0 aliphatic rings. The van der Waals surface area contributed by atoms with E-state index in [0.717, 1.165) is 37.9 Å². The zero-order valence-electron chi connectivity index (χ0n) is 13.9. The van der Waals surface area contributed by atoms with Gasteiger partial charge in [-0.1, -0.05) is 23.3 Å². The molecule has 0 fully saturated rings. The number of hydrogen-bond donors (Lipinski definition) is 0. The molecule has 0 spiro atoms. The van der Waals surface area contributed by atoms with Gasteiger partial charge < -0.3 is 8.83 Å². The minimum absolute atomic E-state index is 0.914. The van der Waals surface area contributed by atoms with Crippen LogP contribution in [0.5, 0.6) is 0 Å². The highest BCUT2D eigenvalue weighted by atomic mass is 16.3. The van der Waals surface area contributed by atoms with Gasteiger partial charge in [0.2, 0.25) is 0 Å². The monoisotopic (exact) mass is 298 g/mol. The van der Waals surface area contributed by atoms with Crippen LogP contribution in [0.3, 0.4) is 0 Å². The summed E-state index contributed by atoms with van der Waals surface area (Å²) in [6.45, 7) is 6.45. The molecule has 0 unspecified atom stereocenters. The van der Waals surface area contributed by atoms with Gasteiger partial charge in [-0.15, -0.1) is 0 Å². The SMILES string of the molecule is C/C(=C\CCc1ccoc1)CC/C=C(\C)Cc1cc(C)co1. The summed E-state index contributed by atoms with van der Waals surface area (Å²) >= 11 is 0.